The van der Waals surface area contributed by atoms with Crippen LogP contribution >= 0.6 is 15.9 Å². The predicted octanol–water partition coefficient (Wildman–Crippen LogP) is 5.10. The summed E-state index contributed by atoms with van der Waals surface area (Å²) in [4.78, 5) is 0. The van der Waals surface area contributed by atoms with Gasteiger partial charge in [-0.05, 0) is 53.2 Å². The third kappa shape index (κ3) is 3.56. The Morgan fingerprint density at radius 3 is 2.48 bits per heavy atom. The van der Waals surface area contributed by atoms with Gasteiger partial charge in [-0.25, -0.2) is 8.78 Å². The molecule has 118 valence electrons. The Balaban J connectivity index is 2.24. The highest BCUT2D eigenvalue weighted by Crippen LogP contribution is 2.44. The summed E-state index contributed by atoms with van der Waals surface area (Å²) in [5.74, 6) is -3.68. The first-order valence-corrected chi connectivity index (χ1v) is 7.46. The summed E-state index contributed by atoms with van der Waals surface area (Å²) >= 11 is 2.94. The normalized spacial score (nSPS) is 24.9. The van der Waals surface area contributed by atoms with Crippen LogP contribution in [0.5, 0.6) is 0 Å². The second kappa shape index (κ2) is 6.20. The van der Waals surface area contributed by atoms with Gasteiger partial charge in [-0.1, -0.05) is 6.42 Å². The third-order valence-corrected chi connectivity index (χ3v) is 4.71. The fraction of sp³-hybridized carbons (Fsp3) is 0.571. The Kier molecular flexibility index (Phi) is 4.92. The highest BCUT2D eigenvalue weighted by atomic mass is 79.9. The molecule has 21 heavy (non-hydrogen) atoms. The molecular formula is C14H15BrF5N. The summed E-state index contributed by atoms with van der Waals surface area (Å²) in [6.45, 7) is 0. The maximum Gasteiger partial charge on any atom is 0.391 e. The lowest BCUT2D eigenvalue weighted by Gasteiger charge is -2.34. The first-order chi connectivity index (χ1) is 9.71. The van der Waals surface area contributed by atoms with Crippen LogP contribution in [0.3, 0.4) is 0 Å². The molecule has 1 aliphatic carbocycles. The molecular weight excluding hydrogens is 357 g/mol. The van der Waals surface area contributed by atoms with E-state index in [2.05, 4.69) is 15.9 Å². The molecule has 3 atom stereocenters. The van der Waals surface area contributed by atoms with Crippen molar-refractivity contribution in [2.75, 3.05) is 0 Å². The maximum absolute atomic E-state index is 14.0. The van der Waals surface area contributed by atoms with Crippen molar-refractivity contribution in [3.8, 4) is 0 Å². The van der Waals surface area contributed by atoms with Gasteiger partial charge in [0.05, 0.1) is 10.4 Å². The minimum Gasteiger partial charge on any atom is -0.324 e. The van der Waals surface area contributed by atoms with E-state index >= 15 is 0 Å². The van der Waals surface area contributed by atoms with Gasteiger partial charge in [0.15, 0.2) is 0 Å². The SMILES string of the molecule is NC(c1c(F)ccc(Br)c1F)C1CCCC(C(F)(F)F)C1. The van der Waals surface area contributed by atoms with Crippen LogP contribution in [0, 0.1) is 23.5 Å². The zero-order chi connectivity index (χ0) is 15.8. The van der Waals surface area contributed by atoms with E-state index in [4.69, 9.17) is 5.73 Å². The van der Waals surface area contributed by atoms with E-state index in [1.807, 2.05) is 0 Å². The van der Waals surface area contributed by atoms with Gasteiger partial charge in [-0.3, -0.25) is 0 Å². The molecule has 0 aromatic heterocycles. The molecule has 3 unspecified atom stereocenters. The Hall–Kier alpha value is -0.690. The topological polar surface area (TPSA) is 26.0 Å². The van der Waals surface area contributed by atoms with Crippen molar-refractivity contribution < 1.29 is 22.0 Å². The Morgan fingerprint density at radius 2 is 1.86 bits per heavy atom. The lowest BCUT2D eigenvalue weighted by Crippen LogP contribution is -2.34. The molecule has 1 saturated carbocycles. The number of alkyl halides is 3. The highest BCUT2D eigenvalue weighted by molar-refractivity contribution is 9.10. The van der Waals surface area contributed by atoms with Crippen LogP contribution in [0.15, 0.2) is 16.6 Å². The van der Waals surface area contributed by atoms with Crippen molar-refractivity contribution in [3.63, 3.8) is 0 Å². The zero-order valence-corrected chi connectivity index (χ0v) is 12.6. The minimum atomic E-state index is -4.28. The van der Waals surface area contributed by atoms with Crippen LogP contribution in [0.4, 0.5) is 22.0 Å². The molecule has 2 N–H and O–H groups in total. The lowest BCUT2D eigenvalue weighted by molar-refractivity contribution is -0.186. The van der Waals surface area contributed by atoms with Crippen LogP contribution in [0.2, 0.25) is 0 Å². The summed E-state index contributed by atoms with van der Waals surface area (Å²) in [5, 5.41) is 0. The summed E-state index contributed by atoms with van der Waals surface area (Å²) < 4.78 is 66.3. The molecule has 0 aliphatic heterocycles. The van der Waals surface area contributed by atoms with Crippen molar-refractivity contribution in [2.24, 2.45) is 17.6 Å². The van der Waals surface area contributed by atoms with Gasteiger partial charge < -0.3 is 5.73 Å². The van der Waals surface area contributed by atoms with Crippen molar-refractivity contribution in [1.82, 2.24) is 0 Å². The van der Waals surface area contributed by atoms with E-state index in [1.54, 1.807) is 0 Å². The van der Waals surface area contributed by atoms with Gasteiger partial charge in [-0.15, -0.1) is 0 Å². The molecule has 1 aliphatic rings. The van der Waals surface area contributed by atoms with Crippen LogP contribution < -0.4 is 5.73 Å². The fourth-order valence-electron chi connectivity index (χ4n) is 2.94. The van der Waals surface area contributed by atoms with Gasteiger partial charge in [0.25, 0.3) is 0 Å². The van der Waals surface area contributed by atoms with E-state index in [-0.39, 0.29) is 22.9 Å². The summed E-state index contributed by atoms with van der Waals surface area (Å²) in [6, 6.07) is 1.19. The molecule has 0 saturated heterocycles. The molecule has 1 nitrogen and oxygen atoms in total. The van der Waals surface area contributed by atoms with E-state index < -0.39 is 35.7 Å². The molecule has 1 aromatic carbocycles. The van der Waals surface area contributed by atoms with Gasteiger partial charge in [0.2, 0.25) is 0 Å². The molecule has 0 heterocycles. The Labute approximate surface area is 127 Å². The monoisotopic (exact) mass is 371 g/mol. The third-order valence-electron chi connectivity index (χ3n) is 4.10. The van der Waals surface area contributed by atoms with Crippen molar-refractivity contribution >= 4 is 15.9 Å². The maximum atomic E-state index is 14.0. The van der Waals surface area contributed by atoms with Crippen LogP contribution in [0.25, 0.3) is 0 Å². The second-order valence-electron chi connectivity index (χ2n) is 5.45. The number of halogens is 6. The smallest absolute Gasteiger partial charge is 0.324 e. The number of rotatable bonds is 2. The quantitative estimate of drug-likeness (QED) is 0.568. The second-order valence-corrected chi connectivity index (χ2v) is 6.30. The van der Waals surface area contributed by atoms with Crippen LogP contribution in [0.1, 0.15) is 37.3 Å². The molecule has 0 spiro atoms. The molecule has 2 rings (SSSR count). The molecule has 0 radical (unpaired) electrons. The predicted molar refractivity (Wildman–Crippen MR) is 72.5 cm³/mol. The largest absolute Gasteiger partial charge is 0.391 e. The van der Waals surface area contributed by atoms with E-state index in [0.29, 0.717) is 12.8 Å². The van der Waals surface area contributed by atoms with Crippen molar-refractivity contribution in [3.05, 3.63) is 33.8 Å². The van der Waals surface area contributed by atoms with Gasteiger partial charge in [0, 0.05) is 11.6 Å². The molecule has 1 fully saturated rings. The lowest BCUT2D eigenvalue weighted by atomic mass is 9.76. The van der Waals surface area contributed by atoms with E-state index in [1.165, 1.54) is 6.07 Å². The first-order valence-electron chi connectivity index (χ1n) is 6.67. The number of hydrogen-bond acceptors (Lipinski definition) is 1. The summed E-state index contributed by atoms with van der Waals surface area (Å²) in [7, 11) is 0. The van der Waals surface area contributed by atoms with E-state index in [9.17, 15) is 22.0 Å². The molecule has 0 amide bonds. The fourth-order valence-corrected chi connectivity index (χ4v) is 3.28. The average Bonchev–Trinajstić information content (AvgIpc) is 2.42. The van der Waals surface area contributed by atoms with Gasteiger partial charge >= 0.3 is 6.18 Å². The molecule has 0 bridgehead atoms. The highest BCUT2D eigenvalue weighted by Gasteiger charge is 2.43. The summed E-state index contributed by atoms with van der Waals surface area (Å²) in [6.07, 6.45) is -3.61. The van der Waals surface area contributed by atoms with Crippen molar-refractivity contribution in [2.45, 2.75) is 37.9 Å². The van der Waals surface area contributed by atoms with Gasteiger partial charge in [0.1, 0.15) is 11.6 Å². The molecule has 1 aromatic rings. The standard InChI is InChI=1S/C14H15BrF5N/c15-9-4-5-10(16)11(12(9)17)13(21)7-2-1-3-8(6-7)14(18,19)20/h4-5,7-8,13H,1-3,6,21H2. The minimum absolute atomic E-state index is 0.0518. The number of nitrogens with two attached hydrogens (primary N) is 1. The summed E-state index contributed by atoms with van der Waals surface area (Å²) in [5.41, 5.74) is 5.54. The van der Waals surface area contributed by atoms with Crippen LogP contribution in [-0.4, -0.2) is 6.18 Å². The van der Waals surface area contributed by atoms with Crippen molar-refractivity contribution in [1.29, 1.82) is 0 Å². The van der Waals surface area contributed by atoms with E-state index in [0.717, 1.165) is 6.07 Å². The zero-order valence-electron chi connectivity index (χ0n) is 11.1. The average molecular weight is 372 g/mol. The van der Waals surface area contributed by atoms with Crippen LogP contribution in [-0.2, 0) is 0 Å². The van der Waals surface area contributed by atoms with Gasteiger partial charge in [-0.2, -0.15) is 13.2 Å². The Bertz CT molecular complexity index is 517. The molecule has 7 heteroatoms. The first kappa shape index (κ1) is 16.7. The number of hydrogen-bond donors (Lipinski definition) is 1. The number of benzene rings is 1. The Morgan fingerprint density at radius 1 is 1.19 bits per heavy atom.